The van der Waals surface area contributed by atoms with E-state index in [0.717, 1.165) is 5.56 Å². The van der Waals surface area contributed by atoms with Gasteiger partial charge in [0.2, 0.25) is 5.54 Å². The van der Waals surface area contributed by atoms with Crippen LogP contribution in [0, 0.1) is 0 Å². The van der Waals surface area contributed by atoms with Gasteiger partial charge in [0.05, 0.1) is 12.3 Å². The molecule has 1 rings (SSSR count). The van der Waals surface area contributed by atoms with E-state index in [1.54, 1.807) is 31.2 Å². The minimum atomic E-state index is -1.63. The first kappa shape index (κ1) is 17.0. The second kappa shape index (κ2) is 7.64. The second-order valence-corrected chi connectivity index (χ2v) is 4.69. The van der Waals surface area contributed by atoms with E-state index >= 15 is 0 Å². The highest BCUT2D eigenvalue weighted by Crippen LogP contribution is 2.20. The van der Waals surface area contributed by atoms with E-state index in [1.807, 2.05) is 0 Å². The Morgan fingerprint density at radius 1 is 1.29 bits per heavy atom. The minimum absolute atomic E-state index is 0.0755. The SMILES string of the molecule is CCOC(=O)C(C)(N=Nc1ccc(CCO)cc1)C(C)=O. The average Bonchev–Trinajstić information content (AvgIpc) is 2.46. The molecule has 1 aromatic carbocycles. The number of esters is 1. The molecule has 6 heteroatoms. The van der Waals surface area contributed by atoms with Crippen molar-refractivity contribution in [2.45, 2.75) is 32.7 Å². The zero-order chi connectivity index (χ0) is 15.9. The van der Waals surface area contributed by atoms with Gasteiger partial charge in [0.15, 0.2) is 5.78 Å². The molecule has 1 aromatic rings. The van der Waals surface area contributed by atoms with Gasteiger partial charge in [-0.3, -0.25) is 4.79 Å². The standard InChI is InChI=1S/C15H20N2O4/c1-4-21-14(20)15(3,11(2)19)17-16-13-7-5-12(6-8-13)9-10-18/h5-8,18H,4,9-10H2,1-3H3. The number of carbonyl (C=O) groups is 2. The normalized spacial score (nSPS) is 13.9. The van der Waals surface area contributed by atoms with Crippen molar-refractivity contribution in [3.8, 4) is 0 Å². The Balaban J connectivity index is 2.92. The Morgan fingerprint density at radius 3 is 2.38 bits per heavy atom. The number of ketones is 1. The molecule has 0 aliphatic rings. The Kier molecular flexibility index (Phi) is 6.17. The summed E-state index contributed by atoms with van der Waals surface area (Å²) in [6, 6.07) is 7.03. The quantitative estimate of drug-likeness (QED) is 0.474. The highest BCUT2D eigenvalue weighted by molar-refractivity contribution is 6.07. The van der Waals surface area contributed by atoms with Crippen LogP contribution in [0.4, 0.5) is 5.69 Å². The lowest BCUT2D eigenvalue weighted by Crippen LogP contribution is -2.41. The lowest BCUT2D eigenvalue weighted by Gasteiger charge is -2.17. The Hall–Kier alpha value is -2.08. The van der Waals surface area contributed by atoms with Crippen LogP contribution in [0.2, 0.25) is 0 Å². The zero-order valence-electron chi connectivity index (χ0n) is 12.5. The number of carbonyl (C=O) groups excluding carboxylic acids is 2. The fourth-order valence-electron chi connectivity index (χ4n) is 1.54. The summed E-state index contributed by atoms with van der Waals surface area (Å²) in [6.07, 6.45) is 0.561. The summed E-state index contributed by atoms with van der Waals surface area (Å²) >= 11 is 0. The maximum Gasteiger partial charge on any atom is 0.343 e. The first-order chi connectivity index (χ1) is 9.93. The third-order valence-electron chi connectivity index (χ3n) is 3.06. The number of aliphatic hydroxyl groups is 1. The first-order valence-corrected chi connectivity index (χ1v) is 6.75. The van der Waals surface area contributed by atoms with Gasteiger partial charge in [-0.15, -0.1) is 0 Å². The molecule has 0 amide bonds. The minimum Gasteiger partial charge on any atom is -0.464 e. The van der Waals surface area contributed by atoms with E-state index in [9.17, 15) is 9.59 Å². The van der Waals surface area contributed by atoms with Crippen LogP contribution in [-0.2, 0) is 20.7 Å². The van der Waals surface area contributed by atoms with Crippen LogP contribution in [-0.4, -0.2) is 35.6 Å². The molecule has 21 heavy (non-hydrogen) atoms. The van der Waals surface area contributed by atoms with E-state index in [-0.39, 0.29) is 13.2 Å². The van der Waals surface area contributed by atoms with Crippen LogP contribution in [0.25, 0.3) is 0 Å². The number of azo groups is 1. The molecule has 0 aliphatic heterocycles. The van der Waals surface area contributed by atoms with Crippen LogP contribution in [0.15, 0.2) is 34.5 Å². The van der Waals surface area contributed by atoms with Gasteiger partial charge in [-0.05, 0) is 44.9 Å². The van der Waals surface area contributed by atoms with Gasteiger partial charge in [-0.2, -0.15) is 10.2 Å². The fourth-order valence-corrected chi connectivity index (χ4v) is 1.54. The number of benzene rings is 1. The van der Waals surface area contributed by atoms with Crippen molar-refractivity contribution >= 4 is 17.4 Å². The lowest BCUT2D eigenvalue weighted by atomic mass is 9.99. The van der Waals surface area contributed by atoms with Crippen molar-refractivity contribution < 1.29 is 19.4 Å². The molecule has 0 bridgehead atoms. The second-order valence-electron chi connectivity index (χ2n) is 4.69. The van der Waals surface area contributed by atoms with Crippen molar-refractivity contribution in [2.24, 2.45) is 10.2 Å². The van der Waals surface area contributed by atoms with Gasteiger partial charge in [0, 0.05) is 6.61 Å². The first-order valence-electron chi connectivity index (χ1n) is 6.75. The molecule has 0 aliphatic carbocycles. The number of hydrogen-bond acceptors (Lipinski definition) is 6. The molecule has 1 unspecified atom stereocenters. The monoisotopic (exact) mass is 292 g/mol. The number of rotatable bonds is 7. The topological polar surface area (TPSA) is 88.3 Å². The summed E-state index contributed by atoms with van der Waals surface area (Å²) < 4.78 is 4.87. The smallest absolute Gasteiger partial charge is 0.343 e. The van der Waals surface area contributed by atoms with Gasteiger partial charge < -0.3 is 9.84 Å². The van der Waals surface area contributed by atoms with Crippen molar-refractivity contribution in [2.75, 3.05) is 13.2 Å². The molecule has 0 fully saturated rings. The Bertz CT molecular complexity index is 525. The summed E-state index contributed by atoms with van der Waals surface area (Å²) in [5.74, 6) is -1.14. The van der Waals surface area contributed by atoms with Gasteiger partial charge in [-0.25, -0.2) is 4.79 Å². The van der Waals surface area contributed by atoms with Gasteiger partial charge in [-0.1, -0.05) is 12.1 Å². The van der Waals surface area contributed by atoms with Crippen molar-refractivity contribution in [1.82, 2.24) is 0 Å². The third-order valence-corrected chi connectivity index (χ3v) is 3.06. The van der Waals surface area contributed by atoms with E-state index in [4.69, 9.17) is 9.84 Å². The molecule has 1 N–H and O–H groups in total. The van der Waals surface area contributed by atoms with Crippen molar-refractivity contribution in [1.29, 1.82) is 0 Å². The predicted molar refractivity (Wildman–Crippen MR) is 77.5 cm³/mol. The highest BCUT2D eigenvalue weighted by Gasteiger charge is 2.40. The van der Waals surface area contributed by atoms with Crippen LogP contribution in [0.3, 0.4) is 0 Å². The molecule has 0 aromatic heterocycles. The highest BCUT2D eigenvalue weighted by atomic mass is 16.5. The zero-order valence-corrected chi connectivity index (χ0v) is 12.5. The van der Waals surface area contributed by atoms with Crippen LogP contribution >= 0.6 is 0 Å². The van der Waals surface area contributed by atoms with E-state index in [0.29, 0.717) is 12.1 Å². The number of nitrogens with zero attached hydrogens (tertiary/aromatic N) is 2. The molecule has 0 spiro atoms. The molecule has 0 radical (unpaired) electrons. The Labute approximate surface area is 123 Å². The third kappa shape index (κ3) is 4.46. The number of Topliss-reactive ketones (excluding diaryl/α,β-unsaturated/α-hetero) is 1. The molecule has 114 valence electrons. The largest absolute Gasteiger partial charge is 0.464 e. The molecule has 0 heterocycles. The van der Waals surface area contributed by atoms with Gasteiger partial charge in [0.25, 0.3) is 0 Å². The molecule has 0 saturated heterocycles. The lowest BCUT2D eigenvalue weighted by molar-refractivity contribution is -0.152. The molecule has 0 saturated carbocycles. The summed E-state index contributed by atoms with van der Waals surface area (Å²) in [5, 5.41) is 16.7. The summed E-state index contributed by atoms with van der Waals surface area (Å²) in [5.41, 5.74) is -0.135. The number of aliphatic hydroxyl groups excluding tert-OH is 1. The molecular formula is C15H20N2O4. The van der Waals surface area contributed by atoms with E-state index in [2.05, 4.69) is 10.2 Å². The molecule has 1 atom stereocenters. The fraction of sp³-hybridized carbons (Fsp3) is 0.467. The van der Waals surface area contributed by atoms with Gasteiger partial charge >= 0.3 is 5.97 Å². The number of ether oxygens (including phenoxy) is 1. The van der Waals surface area contributed by atoms with Crippen LogP contribution in [0.1, 0.15) is 26.3 Å². The summed E-state index contributed by atoms with van der Waals surface area (Å²) in [7, 11) is 0. The molecular weight excluding hydrogens is 272 g/mol. The molecule has 6 nitrogen and oxygen atoms in total. The summed E-state index contributed by atoms with van der Waals surface area (Å²) in [6.45, 7) is 4.58. The van der Waals surface area contributed by atoms with Crippen molar-refractivity contribution in [3.05, 3.63) is 29.8 Å². The van der Waals surface area contributed by atoms with Gasteiger partial charge in [0.1, 0.15) is 0 Å². The summed E-state index contributed by atoms with van der Waals surface area (Å²) in [4.78, 5) is 23.5. The van der Waals surface area contributed by atoms with Crippen LogP contribution < -0.4 is 0 Å². The van der Waals surface area contributed by atoms with E-state index < -0.39 is 17.3 Å². The Morgan fingerprint density at radius 2 is 1.90 bits per heavy atom. The van der Waals surface area contributed by atoms with E-state index in [1.165, 1.54) is 13.8 Å². The predicted octanol–water partition coefficient (Wildman–Crippen LogP) is 2.22. The number of hydrogen-bond donors (Lipinski definition) is 1. The maximum atomic E-state index is 11.8. The van der Waals surface area contributed by atoms with Crippen LogP contribution in [0.5, 0.6) is 0 Å². The average molecular weight is 292 g/mol. The maximum absolute atomic E-state index is 11.8. The van der Waals surface area contributed by atoms with Crippen molar-refractivity contribution in [3.63, 3.8) is 0 Å².